The van der Waals surface area contributed by atoms with Crippen molar-refractivity contribution in [1.29, 1.82) is 0 Å². The Morgan fingerprint density at radius 2 is 1.70 bits per heavy atom. The molecule has 0 heterocycles. The quantitative estimate of drug-likeness (QED) is 0.607. The van der Waals surface area contributed by atoms with Crippen molar-refractivity contribution in [2.75, 3.05) is 13.2 Å². The normalized spacial score (nSPS) is 10.0. The third-order valence-corrected chi connectivity index (χ3v) is 4.18. The molecular formula is C19H20BrN3O4. The smallest absolute Gasteiger partial charge is 0.276 e. The molecule has 3 N–H and O–H groups in total. The molecule has 7 nitrogen and oxygen atoms in total. The fraction of sp³-hybridized carbons (Fsp3) is 0.211. The first-order valence-electron chi connectivity index (χ1n) is 8.16. The van der Waals surface area contributed by atoms with Gasteiger partial charge in [0.05, 0.1) is 6.54 Å². The van der Waals surface area contributed by atoms with E-state index < -0.39 is 17.7 Å². The Bertz CT molecular complexity index is 855. The lowest BCUT2D eigenvalue weighted by Gasteiger charge is -2.10. The zero-order valence-corrected chi connectivity index (χ0v) is 16.6. The number of hydrazine groups is 1. The minimum atomic E-state index is -0.558. The van der Waals surface area contributed by atoms with E-state index in [-0.39, 0.29) is 13.2 Å². The van der Waals surface area contributed by atoms with Gasteiger partial charge in [-0.2, -0.15) is 0 Å². The Hall–Kier alpha value is -2.87. The Balaban J connectivity index is 1.69. The molecule has 2 aromatic rings. The van der Waals surface area contributed by atoms with Crippen molar-refractivity contribution in [1.82, 2.24) is 16.2 Å². The molecule has 0 radical (unpaired) electrons. The molecule has 0 aliphatic rings. The first kappa shape index (κ1) is 20.4. The molecule has 2 aromatic carbocycles. The number of carbonyl (C=O) groups excluding carboxylic acids is 3. The van der Waals surface area contributed by atoms with Crippen LogP contribution in [0.4, 0.5) is 0 Å². The highest BCUT2D eigenvalue weighted by Crippen LogP contribution is 2.16. The standard InChI is InChI=1S/C19H20BrN3O4/c1-12-6-7-16(8-13(12)2)27-11-18(25)23-22-17(24)10-21-19(26)14-4-3-5-15(20)9-14/h3-9H,10-11H2,1-2H3,(H,21,26)(H,22,24)(H,23,25). The lowest BCUT2D eigenvalue weighted by atomic mass is 10.1. The summed E-state index contributed by atoms with van der Waals surface area (Å²) in [6.07, 6.45) is 0. The van der Waals surface area contributed by atoms with Crippen LogP contribution in [0.5, 0.6) is 5.75 Å². The zero-order valence-electron chi connectivity index (χ0n) is 15.0. The van der Waals surface area contributed by atoms with E-state index >= 15 is 0 Å². The van der Waals surface area contributed by atoms with Crippen molar-refractivity contribution in [3.05, 3.63) is 63.6 Å². The van der Waals surface area contributed by atoms with Gasteiger partial charge in [0.2, 0.25) is 0 Å². The summed E-state index contributed by atoms with van der Waals surface area (Å²) in [5.74, 6) is -0.894. The molecule has 27 heavy (non-hydrogen) atoms. The van der Waals surface area contributed by atoms with E-state index in [9.17, 15) is 14.4 Å². The third-order valence-electron chi connectivity index (χ3n) is 3.69. The topological polar surface area (TPSA) is 96.5 Å². The minimum absolute atomic E-state index is 0.243. The molecule has 8 heteroatoms. The number of amides is 3. The van der Waals surface area contributed by atoms with Crippen LogP contribution in [0, 0.1) is 13.8 Å². The van der Waals surface area contributed by atoms with Crippen molar-refractivity contribution < 1.29 is 19.1 Å². The average molecular weight is 434 g/mol. The van der Waals surface area contributed by atoms with Crippen molar-refractivity contribution in [3.63, 3.8) is 0 Å². The predicted molar refractivity (Wildman–Crippen MR) is 104 cm³/mol. The maximum Gasteiger partial charge on any atom is 0.276 e. The molecule has 0 aliphatic carbocycles. The number of nitrogens with one attached hydrogen (secondary N) is 3. The first-order chi connectivity index (χ1) is 12.8. The first-order valence-corrected chi connectivity index (χ1v) is 8.96. The summed E-state index contributed by atoms with van der Waals surface area (Å²) in [7, 11) is 0. The Morgan fingerprint density at radius 3 is 2.41 bits per heavy atom. The number of carbonyl (C=O) groups is 3. The Morgan fingerprint density at radius 1 is 0.963 bits per heavy atom. The van der Waals surface area contributed by atoms with E-state index in [1.165, 1.54) is 0 Å². The minimum Gasteiger partial charge on any atom is -0.484 e. The third kappa shape index (κ3) is 6.74. The van der Waals surface area contributed by atoms with Crippen molar-refractivity contribution in [3.8, 4) is 5.75 Å². The van der Waals surface area contributed by atoms with Gasteiger partial charge in [-0.1, -0.05) is 28.1 Å². The van der Waals surface area contributed by atoms with Crippen LogP contribution in [-0.4, -0.2) is 30.9 Å². The van der Waals surface area contributed by atoms with Gasteiger partial charge in [-0.3, -0.25) is 25.2 Å². The number of aryl methyl sites for hydroxylation is 2. The molecule has 0 aromatic heterocycles. The maximum atomic E-state index is 11.9. The van der Waals surface area contributed by atoms with Crippen molar-refractivity contribution >= 4 is 33.7 Å². The maximum absolute atomic E-state index is 11.9. The Labute approximate surface area is 165 Å². The van der Waals surface area contributed by atoms with E-state index in [0.717, 1.165) is 15.6 Å². The number of ether oxygens (including phenoxy) is 1. The van der Waals surface area contributed by atoms with Crippen LogP contribution in [0.25, 0.3) is 0 Å². The summed E-state index contributed by atoms with van der Waals surface area (Å²) in [5, 5.41) is 2.46. The second kappa shape index (κ2) is 9.72. The molecule has 3 amide bonds. The fourth-order valence-electron chi connectivity index (χ4n) is 2.06. The van der Waals surface area contributed by atoms with E-state index in [0.29, 0.717) is 11.3 Å². The van der Waals surface area contributed by atoms with E-state index in [1.807, 2.05) is 26.0 Å². The second-order valence-electron chi connectivity index (χ2n) is 5.82. The number of benzene rings is 2. The highest BCUT2D eigenvalue weighted by Gasteiger charge is 2.09. The van der Waals surface area contributed by atoms with Crippen LogP contribution >= 0.6 is 15.9 Å². The van der Waals surface area contributed by atoms with Gasteiger partial charge in [-0.05, 0) is 55.3 Å². The van der Waals surface area contributed by atoms with Crippen molar-refractivity contribution in [2.45, 2.75) is 13.8 Å². The van der Waals surface area contributed by atoms with E-state index in [2.05, 4.69) is 32.1 Å². The predicted octanol–water partition coefficient (Wildman–Crippen LogP) is 2.02. The summed E-state index contributed by atoms with van der Waals surface area (Å²) in [6.45, 7) is 3.42. The molecule has 0 unspecified atom stereocenters. The van der Waals surface area contributed by atoms with Gasteiger partial charge in [0.1, 0.15) is 5.75 Å². The van der Waals surface area contributed by atoms with Crippen LogP contribution in [0.15, 0.2) is 46.9 Å². The molecular weight excluding hydrogens is 414 g/mol. The molecule has 0 saturated carbocycles. The monoisotopic (exact) mass is 433 g/mol. The molecule has 0 fully saturated rings. The van der Waals surface area contributed by atoms with Crippen LogP contribution in [0.1, 0.15) is 21.5 Å². The zero-order chi connectivity index (χ0) is 19.8. The largest absolute Gasteiger partial charge is 0.484 e. The highest BCUT2D eigenvalue weighted by molar-refractivity contribution is 9.10. The van der Waals surface area contributed by atoms with Gasteiger partial charge in [-0.15, -0.1) is 0 Å². The molecule has 0 spiro atoms. The molecule has 0 saturated heterocycles. The summed E-state index contributed by atoms with van der Waals surface area (Å²) >= 11 is 3.27. The molecule has 0 bridgehead atoms. The lowest BCUT2D eigenvalue weighted by Crippen LogP contribution is -2.47. The van der Waals surface area contributed by atoms with Crippen LogP contribution in [-0.2, 0) is 9.59 Å². The van der Waals surface area contributed by atoms with Crippen LogP contribution in [0.3, 0.4) is 0 Å². The lowest BCUT2D eigenvalue weighted by molar-refractivity contribution is -0.129. The number of hydrogen-bond donors (Lipinski definition) is 3. The summed E-state index contributed by atoms with van der Waals surface area (Å²) in [5.41, 5.74) is 7.05. The van der Waals surface area contributed by atoms with Gasteiger partial charge in [0.25, 0.3) is 17.7 Å². The second-order valence-corrected chi connectivity index (χ2v) is 6.74. The summed E-state index contributed by atoms with van der Waals surface area (Å²) in [6, 6.07) is 12.3. The van der Waals surface area contributed by atoms with Crippen LogP contribution in [0.2, 0.25) is 0 Å². The number of hydrogen-bond acceptors (Lipinski definition) is 4. The highest BCUT2D eigenvalue weighted by atomic mass is 79.9. The van der Waals surface area contributed by atoms with Crippen molar-refractivity contribution in [2.24, 2.45) is 0 Å². The molecule has 0 aliphatic heterocycles. The van der Waals surface area contributed by atoms with Gasteiger partial charge >= 0.3 is 0 Å². The average Bonchev–Trinajstić information content (AvgIpc) is 2.65. The SMILES string of the molecule is Cc1ccc(OCC(=O)NNC(=O)CNC(=O)c2cccc(Br)c2)cc1C. The fourth-order valence-corrected chi connectivity index (χ4v) is 2.46. The summed E-state index contributed by atoms with van der Waals surface area (Å²) < 4.78 is 6.13. The van der Waals surface area contributed by atoms with Gasteiger partial charge in [-0.25, -0.2) is 0 Å². The van der Waals surface area contributed by atoms with Gasteiger partial charge in [0.15, 0.2) is 6.61 Å². The van der Waals surface area contributed by atoms with Gasteiger partial charge in [0, 0.05) is 10.0 Å². The number of rotatable bonds is 6. The molecule has 142 valence electrons. The molecule has 2 rings (SSSR count). The van der Waals surface area contributed by atoms with E-state index in [4.69, 9.17) is 4.74 Å². The van der Waals surface area contributed by atoms with Crippen LogP contribution < -0.4 is 20.9 Å². The Kier molecular flexibility index (Phi) is 7.36. The van der Waals surface area contributed by atoms with E-state index in [1.54, 1.807) is 30.3 Å². The molecule has 0 atom stereocenters. The van der Waals surface area contributed by atoms with Gasteiger partial charge < -0.3 is 10.1 Å². The number of halogens is 1. The summed E-state index contributed by atoms with van der Waals surface area (Å²) in [4.78, 5) is 35.4.